The minimum Gasteiger partial charge on any atom is -0.507 e. The molecule has 0 saturated heterocycles. The van der Waals surface area contributed by atoms with E-state index < -0.39 is 23.5 Å². The summed E-state index contributed by atoms with van der Waals surface area (Å²) in [6, 6.07) is 14.5. The first-order valence-corrected chi connectivity index (χ1v) is 9.41. The Hall–Kier alpha value is -3.52. The molecule has 9 heteroatoms. The number of hydrogen-bond donors (Lipinski definition) is 2. The number of aromatic nitrogens is 2. The molecule has 4 aromatic rings. The van der Waals surface area contributed by atoms with Crippen LogP contribution in [0.25, 0.3) is 22.2 Å². The summed E-state index contributed by atoms with van der Waals surface area (Å²) in [7, 11) is 0. The number of alkyl halides is 3. The van der Waals surface area contributed by atoms with Crippen molar-refractivity contribution in [3.8, 4) is 17.0 Å². The lowest BCUT2D eigenvalue weighted by Crippen LogP contribution is -2.13. The summed E-state index contributed by atoms with van der Waals surface area (Å²) in [5.41, 5.74) is 0.159. The second-order valence-corrected chi connectivity index (χ2v) is 7.23. The maximum Gasteiger partial charge on any atom is 0.416 e. The Morgan fingerprint density at radius 3 is 2.48 bits per heavy atom. The van der Waals surface area contributed by atoms with Gasteiger partial charge >= 0.3 is 12.1 Å². The van der Waals surface area contributed by atoms with E-state index in [-0.39, 0.29) is 22.7 Å². The molecule has 31 heavy (non-hydrogen) atoms. The molecular formula is C22H14ClF3N2O3. The molecule has 0 atom stereocenters. The molecule has 1 heterocycles. The summed E-state index contributed by atoms with van der Waals surface area (Å²) in [6.07, 6.45) is -4.58. The van der Waals surface area contributed by atoms with Crippen molar-refractivity contribution in [2.24, 2.45) is 0 Å². The highest BCUT2D eigenvalue weighted by Gasteiger charge is 2.34. The van der Waals surface area contributed by atoms with Crippen LogP contribution < -0.4 is 0 Å². The third kappa shape index (κ3) is 3.82. The molecule has 0 bridgehead atoms. The normalized spacial score (nSPS) is 11.7. The lowest BCUT2D eigenvalue weighted by Gasteiger charge is -2.14. The van der Waals surface area contributed by atoms with Gasteiger partial charge in [-0.1, -0.05) is 41.9 Å². The van der Waals surface area contributed by atoms with Gasteiger partial charge in [0.1, 0.15) is 17.0 Å². The molecule has 0 unspecified atom stereocenters. The number of fused-ring (bicyclic) bond motifs is 1. The molecule has 158 valence electrons. The Balaban J connectivity index is 1.87. The fourth-order valence-electron chi connectivity index (χ4n) is 3.46. The van der Waals surface area contributed by atoms with Gasteiger partial charge in [-0.25, -0.2) is 4.79 Å². The number of aromatic carboxylic acids is 1. The Kier molecular flexibility index (Phi) is 5.10. The van der Waals surface area contributed by atoms with Gasteiger partial charge in [0.05, 0.1) is 17.6 Å². The van der Waals surface area contributed by atoms with Crippen LogP contribution in [0.2, 0.25) is 5.02 Å². The number of para-hydroxylation sites is 1. The van der Waals surface area contributed by atoms with E-state index >= 15 is 0 Å². The van der Waals surface area contributed by atoms with Crippen molar-refractivity contribution < 1.29 is 28.2 Å². The summed E-state index contributed by atoms with van der Waals surface area (Å²) in [5.74, 6) is -1.72. The smallest absolute Gasteiger partial charge is 0.416 e. The van der Waals surface area contributed by atoms with E-state index in [1.807, 2.05) is 0 Å². The molecule has 0 aliphatic carbocycles. The summed E-state index contributed by atoms with van der Waals surface area (Å²) in [6.45, 7) is -0.228. The fraction of sp³-hybridized carbons (Fsp3) is 0.0909. The van der Waals surface area contributed by atoms with Crippen molar-refractivity contribution in [2.45, 2.75) is 12.7 Å². The van der Waals surface area contributed by atoms with E-state index in [9.17, 15) is 23.1 Å². The Bertz CT molecular complexity index is 1320. The predicted molar refractivity (Wildman–Crippen MR) is 109 cm³/mol. The van der Waals surface area contributed by atoms with Gasteiger partial charge in [0.25, 0.3) is 0 Å². The fourth-order valence-corrected chi connectivity index (χ4v) is 3.69. The average molecular weight is 447 g/mol. The molecule has 4 rings (SSSR count). The number of carboxylic acids is 1. The van der Waals surface area contributed by atoms with Crippen molar-refractivity contribution in [3.05, 3.63) is 82.4 Å². The van der Waals surface area contributed by atoms with Crippen LogP contribution in [0.5, 0.6) is 5.75 Å². The van der Waals surface area contributed by atoms with Crippen LogP contribution in [0.3, 0.4) is 0 Å². The SMILES string of the molecule is O=C(O)c1ccc(-c2nn(Cc3c(Cl)cccc3C(F)(F)F)c3ccccc23)cc1O. The van der Waals surface area contributed by atoms with E-state index in [0.29, 0.717) is 22.2 Å². The minimum atomic E-state index is -4.58. The van der Waals surface area contributed by atoms with E-state index in [0.717, 1.165) is 6.07 Å². The van der Waals surface area contributed by atoms with Crippen molar-refractivity contribution in [2.75, 3.05) is 0 Å². The quantitative estimate of drug-likeness (QED) is 0.413. The Labute approximate surface area is 178 Å². The number of carboxylic acid groups (broad SMARTS) is 1. The molecule has 3 aromatic carbocycles. The van der Waals surface area contributed by atoms with E-state index in [4.69, 9.17) is 16.7 Å². The Morgan fingerprint density at radius 2 is 1.81 bits per heavy atom. The number of hydrogen-bond acceptors (Lipinski definition) is 3. The van der Waals surface area contributed by atoms with Gasteiger partial charge in [0, 0.05) is 21.5 Å². The Morgan fingerprint density at radius 1 is 1.06 bits per heavy atom. The van der Waals surface area contributed by atoms with E-state index in [2.05, 4.69) is 5.10 Å². The molecule has 0 saturated carbocycles. The number of carbonyl (C=O) groups is 1. The number of aromatic hydroxyl groups is 1. The predicted octanol–water partition coefficient (Wildman–Crippen LogP) is 5.83. The zero-order valence-corrected chi connectivity index (χ0v) is 16.4. The van der Waals surface area contributed by atoms with Crippen LogP contribution in [0.4, 0.5) is 13.2 Å². The minimum absolute atomic E-state index is 0.0283. The average Bonchev–Trinajstić information content (AvgIpc) is 3.07. The first-order valence-electron chi connectivity index (χ1n) is 9.03. The molecule has 1 aromatic heterocycles. The van der Waals surface area contributed by atoms with Crippen molar-refractivity contribution >= 4 is 28.5 Å². The first-order chi connectivity index (χ1) is 14.7. The maximum atomic E-state index is 13.5. The number of halogens is 4. The summed E-state index contributed by atoms with van der Waals surface area (Å²) >= 11 is 6.10. The number of nitrogens with zero attached hydrogens (tertiary/aromatic N) is 2. The second-order valence-electron chi connectivity index (χ2n) is 6.82. The van der Waals surface area contributed by atoms with Crippen molar-refractivity contribution in [1.29, 1.82) is 0 Å². The first kappa shape index (κ1) is 20.7. The molecule has 0 aliphatic heterocycles. The van der Waals surface area contributed by atoms with Crippen LogP contribution in [-0.4, -0.2) is 26.0 Å². The standard InChI is InChI=1S/C22H14ClF3N2O3/c23-17-6-3-5-16(22(24,25)26)15(17)11-28-18-7-2-1-4-13(18)20(27-28)12-8-9-14(21(30)31)19(29)10-12/h1-10,29H,11H2,(H,30,31). The van der Waals surface area contributed by atoms with Gasteiger partial charge in [-0.15, -0.1) is 0 Å². The van der Waals surface area contributed by atoms with Gasteiger partial charge in [0.15, 0.2) is 0 Å². The van der Waals surface area contributed by atoms with E-state index in [1.165, 1.54) is 35.0 Å². The van der Waals surface area contributed by atoms with Gasteiger partial charge in [0.2, 0.25) is 0 Å². The van der Waals surface area contributed by atoms with E-state index in [1.54, 1.807) is 24.3 Å². The molecule has 0 radical (unpaired) electrons. The maximum absolute atomic E-state index is 13.5. The number of benzene rings is 3. The highest BCUT2D eigenvalue weighted by atomic mass is 35.5. The monoisotopic (exact) mass is 446 g/mol. The molecule has 5 nitrogen and oxygen atoms in total. The summed E-state index contributed by atoms with van der Waals surface area (Å²) in [4.78, 5) is 11.1. The lowest BCUT2D eigenvalue weighted by molar-refractivity contribution is -0.138. The second kappa shape index (κ2) is 7.63. The third-order valence-electron chi connectivity index (χ3n) is 4.89. The largest absolute Gasteiger partial charge is 0.507 e. The van der Waals surface area contributed by atoms with Crippen LogP contribution in [0, 0.1) is 0 Å². The van der Waals surface area contributed by atoms with Gasteiger partial charge in [-0.05, 0) is 30.3 Å². The van der Waals surface area contributed by atoms with Crippen LogP contribution >= 0.6 is 11.6 Å². The lowest BCUT2D eigenvalue weighted by atomic mass is 10.0. The summed E-state index contributed by atoms with van der Waals surface area (Å²) in [5, 5.41) is 24.2. The summed E-state index contributed by atoms with van der Waals surface area (Å²) < 4.78 is 41.9. The zero-order valence-electron chi connectivity index (χ0n) is 15.7. The molecule has 0 spiro atoms. The molecular weight excluding hydrogens is 433 g/mol. The number of rotatable bonds is 4. The molecule has 0 aliphatic rings. The van der Waals surface area contributed by atoms with Crippen molar-refractivity contribution in [3.63, 3.8) is 0 Å². The van der Waals surface area contributed by atoms with Crippen LogP contribution in [0.1, 0.15) is 21.5 Å². The zero-order chi connectivity index (χ0) is 22.3. The highest BCUT2D eigenvalue weighted by Crippen LogP contribution is 2.37. The number of phenols is 1. The molecule has 2 N–H and O–H groups in total. The third-order valence-corrected chi connectivity index (χ3v) is 5.25. The highest BCUT2D eigenvalue weighted by molar-refractivity contribution is 6.31. The van der Waals surface area contributed by atoms with Crippen LogP contribution in [0.15, 0.2) is 60.7 Å². The topological polar surface area (TPSA) is 75.3 Å². The van der Waals surface area contributed by atoms with Gasteiger partial charge < -0.3 is 10.2 Å². The van der Waals surface area contributed by atoms with Crippen LogP contribution in [-0.2, 0) is 12.7 Å². The van der Waals surface area contributed by atoms with Gasteiger partial charge in [-0.2, -0.15) is 18.3 Å². The molecule has 0 fully saturated rings. The molecule has 0 amide bonds. The van der Waals surface area contributed by atoms with Crippen molar-refractivity contribution in [1.82, 2.24) is 9.78 Å². The van der Waals surface area contributed by atoms with Gasteiger partial charge in [-0.3, -0.25) is 4.68 Å².